The third kappa shape index (κ3) is 5.26. The minimum Gasteiger partial charge on any atom is -0.481 e. The summed E-state index contributed by atoms with van der Waals surface area (Å²) in [6.45, 7) is 3.66. The number of hydrogen-bond acceptors (Lipinski definition) is 6. The molecule has 9 nitrogen and oxygen atoms in total. The van der Waals surface area contributed by atoms with E-state index in [2.05, 4.69) is 20.6 Å². The summed E-state index contributed by atoms with van der Waals surface area (Å²) in [4.78, 5) is 42.5. The summed E-state index contributed by atoms with van der Waals surface area (Å²) in [7, 11) is 0. The average Bonchev–Trinajstić information content (AvgIpc) is 2.52. The maximum Gasteiger partial charge on any atom is 0.326 e. The Kier molecular flexibility index (Phi) is 5.84. The molecule has 1 atom stereocenters. The Labute approximate surface area is 149 Å². The number of benzene rings is 1. The summed E-state index contributed by atoms with van der Waals surface area (Å²) in [5, 5.41) is 22.9. The fourth-order valence-electron chi connectivity index (χ4n) is 2.27. The highest BCUT2D eigenvalue weighted by Gasteiger charge is 2.23. The molecule has 4 N–H and O–H groups in total. The van der Waals surface area contributed by atoms with Gasteiger partial charge in [0, 0.05) is 22.6 Å². The smallest absolute Gasteiger partial charge is 0.326 e. The number of aliphatic carboxylic acids is 2. The summed E-state index contributed by atoms with van der Waals surface area (Å²) >= 11 is 0. The zero-order chi connectivity index (χ0) is 19.3. The van der Waals surface area contributed by atoms with Gasteiger partial charge < -0.3 is 20.8 Å². The van der Waals surface area contributed by atoms with Gasteiger partial charge in [-0.1, -0.05) is 6.07 Å². The van der Waals surface area contributed by atoms with Crippen LogP contribution in [0.2, 0.25) is 0 Å². The molecule has 9 heteroatoms. The van der Waals surface area contributed by atoms with E-state index in [-0.39, 0.29) is 5.56 Å². The first-order valence-electron chi connectivity index (χ1n) is 7.69. The van der Waals surface area contributed by atoms with Crippen molar-refractivity contribution in [3.8, 4) is 0 Å². The first-order valence-corrected chi connectivity index (χ1v) is 7.69. The van der Waals surface area contributed by atoms with Crippen LogP contribution in [-0.4, -0.2) is 44.1 Å². The van der Waals surface area contributed by atoms with Crippen LogP contribution < -0.4 is 10.6 Å². The number of nitrogens with zero attached hydrogens (tertiary/aromatic N) is 2. The number of carbonyl (C=O) groups is 3. The van der Waals surface area contributed by atoms with Gasteiger partial charge in [-0.2, -0.15) is 0 Å². The monoisotopic (exact) mass is 358 g/mol. The molecule has 0 saturated heterocycles. The van der Waals surface area contributed by atoms with Crippen LogP contribution in [0.1, 0.15) is 28.2 Å². The molecule has 2 rings (SSSR count). The second-order valence-electron chi connectivity index (χ2n) is 5.64. The van der Waals surface area contributed by atoms with Gasteiger partial charge in [0.25, 0.3) is 5.91 Å². The summed E-state index contributed by atoms with van der Waals surface area (Å²) in [5.74, 6) is -3.06. The van der Waals surface area contributed by atoms with Gasteiger partial charge in [-0.05, 0) is 38.1 Å². The number of hydrogen-bond donors (Lipinski definition) is 4. The second kappa shape index (κ2) is 8.06. The molecule has 1 unspecified atom stereocenters. The molecule has 2 aromatic rings. The number of rotatable bonds is 7. The van der Waals surface area contributed by atoms with Crippen molar-refractivity contribution < 1.29 is 24.6 Å². The zero-order valence-electron chi connectivity index (χ0n) is 14.2. The van der Waals surface area contributed by atoms with Gasteiger partial charge >= 0.3 is 11.9 Å². The fraction of sp³-hybridized carbons (Fsp3) is 0.235. The molecule has 26 heavy (non-hydrogen) atoms. The number of nitrogens with one attached hydrogen (secondary N) is 2. The highest BCUT2D eigenvalue weighted by molar-refractivity contribution is 5.98. The van der Waals surface area contributed by atoms with Crippen LogP contribution in [0.4, 0.5) is 11.6 Å². The molecule has 1 heterocycles. The fourth-order valence-corrected chi connectivity index (χ4v) is 2.27. The predicted octanol–water partition coefficient (Wildman–Crippen LogP) is 1.49. The van der Waals surface area contributed by atoms with E-state index in [1.165, 1.54) is 12.1 Å². The van der Waals surface area contributed by atoms with E-state index in [0.29, 0.717) is 11.6 Å². The molecule has 0 aliphatic carbocycles. The SMILES string of the molecule is Cc1cc(C)nc(Nc2cccc(C(=O)NC(CC(=O)O)C(=O)O)c2)n1. The number of amides is 1. The van der Waals surface area contributed by atoms with Gasteiger partial charge in [0.05, 0.1) is 6.42 Å². The standard InChI is InChI=1S/C17H18N4O5/c1-9-6-10(2)19-17(18-9)20-12-5-3-4-11(7-12)15(24)21-13(16(25)26)8-14(22)23/h3-7,13H,8H2,1-2H3,(H,21,24)(H,22,23)(H,25,26)(H,18,19,20). The molecule has 1 amide bonds. The molecular formula is C17H18N4O5. The van der Waals surface area contributed by atoms with E-state index >= 15 is 0 Å². The maximum atomic E-state index is 12.2. The Morgan fingerprint density at radius 2 is 1.73 bits per heavy atom. The number of carboxylic acid groups (broad SMARTS) is 2. The predicted molar refractivity (Wildman–Crippen MR) is 92.4 cm³/mol. The van der Waals surface area contributed by atoms with Crippen LogP contribution >= 0.6 is 0 Å². The van der Waals surface area contributed by atoms with Crippen molar-refractivity contribution >= 4 is 29.5 Å². The third-order valence-electron chi connectivity index (χ3n) is 3.35. The van der Waals surface area contributed by atoms with Gasteiger partial charge in [0.15, 0.2) is 0 Å². The Morgan fingerprint density at radius 3 is 2.31 bits per heavy atom. The molecule has 0 fully saturated rings. The molecule has 0 aliphatic heterocycles. The highest BCUT2D eigenvalue weighted by atomic mass is 16.4. The van der Waals surface area contributed by atoms with Gasteiger partial charge in [0.2, 0.25) is 5.95 Å². The molecule has 136 valence electrons. The normalized spacial score (nSPS) is 11.5. The topological polar surface area (TPSA) is 142 Å². The number of carboxylic acids is 2. The third-order valence-corrected chi connectivity index (χ3v) is 3.35. The molecule has 0 bridgehead atoms. The lowest BCUT2D eigenvalue weighted by Crippen LogP contribution is -2.42. The van der Waals surface area contributed by atoms with Gasteiger partial charge in [0.1, 0.15) is 6.04 Å². The van der Waals surface area contributed by atoms with Crippen molar-refractivity contribution in [3.63, 3.8) is 0 Å². The molecule has 1 aromatic heterocycles. The van der Waals surface area contributed by atoms with E-state index in [0.717, 1.165) is 11.4 Å². The van der Waals surface area contributed by atoms with Crippen LogP contribution in [0.25, 0.3) is 0 Å². The Morgan fingerprint density at radius 1 is 1.08 bits per heavy atom. The van der Waals surface area contributed by atoms with E-state index in [1.54, 1.807) is 12.1 Å². The number of anilines is 2. The quantitative estimate of drug-likeness (QED) is 0.583. The molecule has 0 radical (unpaired) electrons. The Hall–Kier alpha value is -3.49. The number of carbonyl (C=O) groups excluding carboxylic acids is 1. The van der Waals surface area contributed by atoms with Gasteiger partial charge in [-0.3, -0.25) is 9.59 Å². The van der Waals surface area contributed by atoms with Crippen molar-refractivity contribution in [2.75, 3.05) is 5.32 Å². The van der Waals surface area contributed by atoms with Crippen molar-refractivity contribution in [2.24, 2.45) is 0 Å². The lowest BCUT2D eigenvalue weighted by Gasteiger charge is -2.13. The summed E-state index contributed by atoms with van der Waals surface area (Å²) in [5.41, 5.74) is 2.28. The van der Waals surface area contributed by atoms with E-state index in [4.69, 9.17) is 10.2 Å². The van der Waals surface area contributed by atoms with Crippen molar-refractivity contribution in [1.29, 1.82) is 0 Å². The van der Waals surface area contributed by atoms with Crippen molar-refractivity contribution in [2.45, 2.75) is 26.3 Å². The number of aromatic nitrogens is 2. The maximum absolute atomic E-state index is 12.2. The van der Waals surface area contributed by atoms with Crippen LogP contribution in [0.5, 0.6) is 0 Å². The Balaban J connectivity index is 2.15. The molecule has 1 aromatic carbocycles. The van der Waals surface area contributed by atoms with Crippen molar-refractivity contribution in [3.05, 3.63) is 47.3 Å². The molecule has 0 saturated carbocycles. The summed E-state index contributed by atoms with van der Waals surface area (Å²) < 4.78 is 0. The summed E-state index contributed by atoms with van der Waals surface area (Å²) in [6, 6.07) is 6.60. The number of aryl methyl sites for hydroxylation is 2. The minimum atomic E-state index is -1.51. The highest BCUT2D eigenvalue weighted by Crippen LogP contribution is 2.16. The molecule has 0 spiro atoms. The largest absolute Gasteiger partial charge is 0.481 e. The van der Waals surface area contributed by atoms with Crippen LogP contribution in [0.3, 0.4) is 0 Å². The van der Waals surface area contributed by atoms with Crippen LogP contribution in [0, 0.1) is 13.8 Å². The average molecular weight is 358 g/mol. The van der Waals surface area contributed by atoms with Crippen LogP contribution in [0.15, 0.2) is 30.3 Å². The van der Waals surface area contributed by atoms with Crippen LogP contribution in [-0.2, 0) is 9.59 Å². The van der Waals surface area contributed by atoms with Crippen molar-refractivity contribution in [1.82, 2.24) is 15.3 Å². The molecule has 0 aliphatic rings. The zero-order valence-corrected chi connectivity index (χ0v) is 14.2. The lowest BCUT2D eigenvalue weighted by atomic mass is 10.1. The van der Waals surface area contributed by atoms with E-state index in [9.17, 15) is 14.4 Å². The van der Waals surface area contributed by atoms with Gasteiger partial charge in [-0.25, -0.2) is 14.8 Å². The second-order valence-corrected chi connectivity index (χ2v) is 5.64. The molecular weight excluding hydrogens is 340 g/mol. The lowest BCUT2D eigenvalue weighted by molar-refractivity contribution is -0.145. The minimum absolute atomic E-state index is 0.177. The Bertz CT molecular complexity index is 833. The first-order chi connectivity index (χ1) is 12.2. The van der Waals surface area contributed by atoms with E-state index in [1.807, 2.05) is 19.9 Å². The summed E-state index contributed by atoms with van der Waals surface area (Å²) in [6.07, 6.45) is -0.713. The van der Waals surface area contributed by atoms with E-state index < -0.39 is 30.3 Å². The first kappa shape index (κ1) is 18.8. The van der Waals surface area contributed by atoms with Gasteiger partial charge in [-0.15, -0.1) is 0 Å².